The number of fused-ring (bicyclic) bond motifs is 1. The molecule has 7 heteroatoms. The third-order valence-corrected chi connectivity index (χ3v) is 6.69. The zero-order chi connectivity index (χ0) is 25.8. The lowest BCUT2D eigenvalue weighted by Gasteiger charge is -2.18. The fourth-order valence-corrected chi connectivity index (χ4v) is 4.77. The Balaban J connectivity index is 1.92. The van der Waals surface area contributed by atoms with Gasteiger partial charge in [-0.05, 0) is 108 Å². The average molecular weight is 595 g/mol. The van der Waals surface area contributed by atoms with Crippen molar-refractivity contribution in [3.63, 3.8) is 0 Å². The maximum Gasteiger partial charge on any atom is 0.282 e. The number of halogens is 1. The van der Waals surface area contributed by atoms with Gasteiger partial charge >= 0.3 is 0 Å². The second-order valence-electron chi connectivity index (χ2n) is 8.73. The number of benzene rings is 3. The molecule has 3 aromatic carbocycles. The molecule has 0 saturated heterocycles. The summed E-state index contributed by atoms with van der Waals surface area (Å²) in [5.41, 5.74) is 4.16. The van der Waals surface area contributed by atoms with Crippen LogP contribution in [0.1, 0.15) is 50.3 Å². The monoisotopic (exact) mass is 595 g/mol. The van der Waals surface area contributed by atoms with Crippen LogP contribution in [0.5, 0.6) is 11.5 Å². The Morgan fingerprint density at radius 2 is 1.75 bits per heavy atom. The van der Waals surface area contributed by atoms with Crippen LogP contribution in [0, 0.1) is 10.5 Å². The van der Waals surface area contributed by atoms with Crippen LogP contribution in [0.3, 0.4) is 0 Å². The molecule has 0 unspecified atom stereocenters. The summed E-state index contributed by atoms with van der Waals surface area (Å²) in [4.78, 5) is 18.5. The highest BCUT2D eigenvalue weighted by Gasteiger charge is 2.18. The molecule has 36 heavy (non-hydrogen) atoms. The van der Waals surface area contributed by atoms with Gasteiger partial charge in [-0.1, -0.05) is 26.0 Å². The van der Waals surface area contributed by atoms with Crippen molar-refractivity contribution in [2.24, 2.45) is 5.10 Å². The fourth-order valence-electron chi connectivity index (χ4n) is 4.07. The van der Waals surface area contributed by atoms with Crippen LogP contribution in [0.15, 0.2) is 64.5 Å². The average Bonchev–Trinajstić information content (AvgIpc) is 2.85. The number of ether oxygens (including phenoxy) is 2. The predicted molar refractivity (Wildman–Crippen MR) is 155 cm³/mol. The van der Waals surface area contributed by atoms with E-state index < -0.39 is 0 Å². The van der Waals surface area contributed by atoms with Gasteiger partial charge in [0, 0.05) is 5.56 Å². The van der Waals surface area contributed by atoms with Crippen molar-refractivity contribution in [3.05, 3.63) is 85.2 Å². The van der Waals surface area contributed by atoms with E-state index in [1.165, 1.54) is 4.68 Å². The molecule has 0 amide bonds. The van der Waals surface area contributed by atoms with Gasteiger partial charge in [-0.25, -0.2) is 4.98 Å². The van der Waals surface area contributed by atoms with Crippen molar-refractivity contribution >= 4 is 39.7 Å². The molecule has 0 N–H and O–H groups in total. The predicted octanol–water partition coefficient (Wildman–Crippen LogP) is 6.78. The van der Waals surface area contributed by atoms with Crippen LogP contribution >= 0.6 is 22.6 Å². The van der Waals surface area contributed by atoms with Crippen molar-refractivity contribution in [2.45, 2.75) is 40.5 Å². The zero-order valence-corrected chi connectivity index (χ0v) is 23.4. The lowest BCUT2D eigenvalue weighted by atomic mass is 9.96. The van der Waals surface area contributed by atoms with Crippen molar-refractivity contribution in [3.8, 4) is 22.9 Å². The van der Waals surface area contributed by atoms with Gasteiger partial charge in [0.15, 0.2) is 5.82 Å². The first-order valence-corrected chi connectivity index (χ1v) is 13.2. The normalized spacial score (nSPS) is 11.5. The number of aryl methyl sites for hydroxylation is 1. The van der Waals surface area contributed by atoms with E-state index in [-0.39, 0.29) is 11.5 Å². The molecule has 4 aromatic rings. The molecule has 0 saturated carbocycles. The van der Waals surface area contributed by atoms with Gasteiger partial charge in [0.1, 0.15) is 11.5 Å². The molecular weight excluding hydrogens is 565 g/mol. The van der Waals surface area contributed by atoms with Gasteiger partial charge in [-0.15, -0.1) is 0 Å². The Kier molecular flexibility index (Phi) is 8.08. The van der Waals surface area contributed by atoms with E-state index in [4.69, 9.17) is 14.5 Å². The van der Waals surface area contributed by atoms with Gasteiger partial charge in [0.2, 0.25) is 0 Å². The summed E-state index contributed by atoms with van der Waals surface area (Å²) in [6, 6.07) is 17.3. The fraction of sp³-hybridized carbons (Fsp3) is 0.276. The highest BCUT2D eigenvalue weighted by molar-refractivity contribution is 14.1. The van der Waals surface area contributed by atoms with Gasteiger partial charge in [0.25, 0.3) is 5.56 Å². The summed E-state index contributed by atoms with van der Waals surface area (Å²) in [5, 5.41) is 5.16. The minimum absolute atomic E-state index is 0.216. The van der Waals surface area contributed by atoms with Gasteiger partial charge < -0.3 is 9.47 Å². The Bertz CT molecular complexity index is 1490. The SMILES string of the molecule is CCOc1ccc(C=Nn2c(-c3cc(C(C)C)c(OCC)cc3C)nc3ccccc3c2=O)cc1I. The standard InChI is InChI=1S/C29H30IN3O3/c1-6-35-26-13-12-20(15-24(26)30)17-31-33-28(32-25-11-9-8-10-21(25)29(33)34)23-16-22(18(3)4)27(36-7-2)14-19(23)5/h8-18H,6-7H2,1-5H3. The zero-order valence-electron chi connectivity index (χ0n) is 21.2. The van der Waals surface area contributed by atoms with Crippen molar-refractivity contribution in [2.75, 3.05) is 13.2 Å². The molecule has 0 aliphatic carbocycles. The quantitative estimate of drug-likeness (QED) is 0.167. The summed E-state index contributed by atoms with van der Waals surface area (Å²) in [6.45, 7) is 11.4. The van der Waals surface area contributed by atoms with Crippen molar-refractivity contribution in [1.29, 1.82) is 0 Å². The molecule has 0 radical (unpaired) electrons. The summed E-state index contributed by atoms with van der Waals surface area (Å²) in [6.07, 6.45) is 1.69. The highest BCUT2D eigenvalue weighted by Crippen LogP contribution is 2.34. The van der Waals surface area contributed by atoms with Gasteiger partial charge in [0.05, 0.1) is 33.9 Å². The maximum absolute atomic E-state index is 13.6. The molecule has 0 spiro atoms. The molecule has 1 aromatic heterocycles. The van der Waals surface area contributed by atoms with Crippen LogP contribution in [0.2, 0.25) is 0 Å². The third-order valence-electron chi connectivity index (χ3n) is 5.85. The largest absolute Gasteiger partial charge is 0.494 e. The van der Waals surface area contributed by atoms with Crippen LogP contribution in [-0.2, 0) is 0 Å². The van der Waals surface area contributed by atoms with E-state index in [2.05, 4.69) is 47.6 Å². The second-order valence-corrected chi connectivity index (χ2v) is 9.89. The van der Waals surface area contributed by atoms with E-state index in [0.717, 1.165) is 37.3 Å². The molecule has 0 atom stereocenters. The molecule has 0 fully saturated rings. The topological polar surface area (TPSA) is 65.7 Å². The van der Waals surface area contributed by atoms with Gasteiger partial charge in [-0.3, -0.25) is 4.79 Å². The van der Waals surface area contributed by atoms with E-state index >= 15 is 0 Å². The summed E-state index contributed by atoms with van der Waals surface area (Å²) >= 11 is 2.24. The van der Waals surface area contributed by atoms with Crippen LogP contribution in [-0.4, -0.2) is 29.1 Å². The first-order valence-electron chi connectivity index (χ1n) is 12.1. The number of hydrogen-bond donors (Lipinski definition) is 0. The number of para-hydroxylation sites is 1. The molecule has 6 nitrogen and oxygen atoms in total. The Labute approximate surface area is 225 Å². The van der Waals surface area contributed by atoms with Crippen LogP contribution < -0.4 is 15.0 Å². The first-order chi connectivity index (χ1) is 17.3. The molecule has 0 aliphatic heterocycles. The highest BCUT2D eigenvalue weighted by atomic mass is 127. The molecule has 1 heterocycles. The van der Waals surface area contributed by atoms with Gasteiger partial charge in [-0.2, -0.15) is 9.78 Å². The molecule has 186 valence electrons. The lowest BCUT2D eigenvalue weighted by Crippen LogP contribution is -2.21. The Morgan fingerprint density at radius 1 is 1.03 bits per heavy atom. The van der Waals surface area contributed by atoms with E-state index in [1.54, 1.807) is 12.3 Å². The summed E-state index contributed by atoms with van der Waals surface area (Å²) < 4.78 is 13.9. The van der Waals surface area contributed by atoms with E-state index in [1.807, 2.05) is 63.2 Å². The minimum atomic E-state index is -0.216. The van der Waals surface area contributed by atoms with Crippen LogP contribution in [0.4, 0.5) is 0 Å². The summed E-state index contributed by atoms with van der Waals surface area (Å²) in [5.74, 6) is 2.42. The third kappa shape index (κ3) is 5.31. The smallest absolute Gasteiger partial charge is 0.282 e. The second kappa shape index (κ2) is 11.2. The number of aromatic nitrogens is 2. The lowest BCUT2D eigenvalue weighted by molar-refractivity contribution is 0.335. The number of hydrogen-bond acceptors (Lipinski definition) is 5. The Morgan fingerprint density at radius 3 is 2.44 bits per heavy atom. The molecular formula is C29H30IN3O3. The van der Waals surface area contributed by atoms with Crippen molar-refractivity contribution in [1.82, 2.24) is 9.66 Å². The number of rotatable bonds is 8. The minimum Gasteiger partial charge on any atom is -0.494 e. The van der Waals surface area contributed by atoms with E-state index in [9.17, 15) is 4.79 Å². The first kappa shape index (κ1) is 25.9. The molecule has 0 aliphatic rings. The molecule has 0 bridgehead atoms. The van der Waals surface area contributed by atoms with Crippen molar-refractivity contribution < 1.29 is 9.47 Å². The number of nitrogens with zero attached hydrogens (tertiary/aromatic N) is 3. The Hall–Kier alpha value is -3.20. The molecule has 4 rings (SSSR count). The maximum atomic E-state index is 13.6. The van der Waals surface area contributed by atoms with Crippen LogP contribution in [0.25, 0.3) is 22.3 Å². The summed E-state index contributed by atoms with van der Waals surface area (Å²) in [7, 11) is 0. The van der Waals surface area contributed by atoms with E-state index in [0.29, 0.717) is 29.9 Å².